The number of aromatic amines is 1. The highest BCUT2D eigenvalue weighted by atomic mass is 19.1. The number of likely N-dealkylation sites (tertiary alicyclic amines) is 2. The maximum atomic E-state index is 14.1. The van der Waals surface area contributed by atoms with Gasteiger partial charge in [0.1, 0.15) is 11.6 Å². The van der Waals surface area contributed by atoms with Gasteiger partial charge >= 0.3 is 0 Å². The van der Waals surface area contributed by atoms with Gasteiger partial charge in [0.2, 0.25) is 0 Å². The van der Waals surface area contributed by atoms with Crippen LogP contribution in [0.2, 0.25) is 0 Å². The standard InChI is InChI=1S/C24H25FN4O2/c1-31-22-8-3-2-7-20(22)24(30)29-12-17-11-28(13-19-10-26-15-27-19)14-21(17)23(29)16-5-4-6-18(25)9-16/h2-10,15,17,21,23H,11-14H2,1H3,(H,26,27)/t17-,21-,23+/m0/s1. The van der Waals surface area contributed by atoms with Crippen molar-refractivity contribution in [3.8, 4) is 5.75 Å². The number of H-pyrrole nitrogens is 1. The molecule has 3 atom stereocenters. The number of carbonyl (C=O) groups is 1. The van der Waals surface area contributed by atoms with Gasteiger partial charge in [-0.3, -0.25) is 9.69 Å². The number of imidazole rings is 1. The Kier molecular flexibility index (Phi) is 5.19. The number of nitrogens with zero attached hydrogens (tertiary/aromatic N) is 3. The molecule has 1 aromatic heterocycles. The second kappa shape index (κ2) is 8.15. The SMILES string of the molecule is COc1ccccc1C(=O)N1C[C@@H]2CN(Cc3cnc[nH]3)C[C@@H]2[C@H]1c1cccc(F)c1. The van der Waals surface area contributed by atoms with E-state index in [2.05, 4.69) is 14.9 Å². The van der Waals surface area contributed by atoms with Gasteiger partial charge < -0.3 is 14.6 Å². The Morgan fingerprint density at radius 1 is 1.19 bits per heavy atom. The Morgan fingerprint density at radius 2 is 2.06 bits per heavy atom. The maximum absolute atomic E-state index is 14.1. The minimum absolute atomic E-state index is 0.0683. The molecule has 0 bridgehead atoms. The van der Waals surface area contributed by atoms with Crippen molar-refractivity contribution in [2.75, 3.05) is 26.7 Å². The fourth-order valence-corrected chi connectivity index (χ4v) is 5.18. The fourth-order valence-electron chi connectivity index (χ4n) is 5.18. The smallest absolute Gasteiger partial charge is 0.258 e. The molecule has 2 fully saturated rings. The Morgan fingerprint density at radius 3 is 2.84 bits per heavy atom. The summed E-state index contributed by atoms with van der Waals surface area (Å²) in [7, 11) is 1.57. The molecule has 6 nitrogen and oxygen atoms in total. The first-order valence-corrected chi connectivity index (χ1v) is 10.5. The molecule has 160 valence electrons. The van der Waals surface area contributed by atoms with E-state index in [4.69, 9.17) is 4.74 Å². The Hall–Kier alpha value is -3.19. The van der Waals surface area contributed by atoms with Crippen molar-refractivity contribution in [3.63, 3.8) is 0 Å². The van der Waals surface area contributed by atoms with E-state index in [-0.39, 0.29) is 23.7 Å². The minimum Gasteiger partial charge on any atom is -0.496 e. The maximum Gasteiger partial charge on any atom is 0.258 e. The van der Waals surface area contributed by atoms with Crippen molar-refractivity contribution in [2.24, 2.45) is 11.8 Å². The zero-order valence-electron chi connectivity index (χ0n) is 17.4. The first-order valence-electron chi connectivity index (χ1n) is 10.5. The minimum atomic E-state index is -0.280. The number of hydrogen-bond donors (Lipinski definition) is 1. The van der Waals surface area contributed by atoms with Crippen LogP contribution in [0.25, 0.3) is 0 Å². The molecule has 7 heteroatoms. The molecule has 31 heavy (non-hydrogen) atoms. The van der Waals surface area contributed by atoms with Crippen molar-refractivity contribution < 1.29 is 13.9 Å². The second-order valence-corrected chi connectivity index (χ2v) is 8.35. The first kappa shape index (κ1) is 19.8. The van der Waals surface area contributed by atoms with Gasteiger partial charge in [-0.2, -0.15) is 0 Å². The van der Waals surface area contributed by atoms with Crippen LogP contribution in [0.15, 0.2) is 61.1 Å². The molecule has 3 aromatic rings. The van der Waals surface area contributed by atoms with Gasteiger partial charge in [-0.1, -0.05) is 24.3 Å². The quantitative estimate of drug-likeness (QED) is 0.686. The van der Waals surface area contributed by atoms with Crippen molar-refractivity contribution in [1.29, 1.82) is 0 Å². The number of fused-ring (bicyclic) bond motifs is 1. The van der Waals surface area contributed by atoms with E-state index in [1.807, 2.05) is 29.3 Å². The van der Waals surface area contributed by atoms with E-state index in [1.165, 1.54) is 6.07 Å². The largest absolute Gasteiger partial charge is 0.496 e. The molecular weight excluding hydrogens is 395 g/mol. The van der Waals surface area contributed by atoms with Gasteiger partial charge in [-0.25, -0.2) is 9.37 Å². The molecule has 0 unspecified atom stereocenters. The van der Waals surface area contributed by atoms with Crippen LogP contribution < -0.4 is 4.74 Å². The zero-order valence-corrected chi connectivity index (χ0v) is 17.4. The molecule has 3 heterocycles. The van der Waals surface area contributed by atoms with Crippen LogP contribution in [0, 0.1) is 17.7 Å². The van der Waals surface area contributed by atoms with E-state index in [9.17, 15) is 9.18 Å². The summed E-state index contributed by atoms with van der Waals surface area (Å²) in [5, 5.41) is 0. The predicted octanol–water partition coefficient (Wildman–Crippen LogP) is 3.50. The molecule has 1 N–H and O–H groups in total. The number of para-hydroxylation sites is 1. The molecule has 0 saturated carbocycles. The molecule has 0 spiro atoms. The van der Waals surface area contributed by atoms with Crippen LogP contribution in [0.3, 0.4) is 0 Å². The summed E-state index contributed by atoms with van der Waals surface area (Å²) in [5.74, 6) is 0.779. The lowest BCUT2D eigenvalue weighted by Gasteiger charge is -2.30. The van der Waals surface area contributed by atoms with Crippen LogP contribution in [-0.4, -0.2) is 52.4 Å². The Bertz CT molecular complexity index is 1070. The molecule has 2 aromatic carbocycles. The molecule has 2 saturated heterocycles. The van der Waals surface area contributed by atoms with Crippen molar-refractivity contribution in [2.45, 2.75) is 12.6 Å². The third kappa shape index (κ3) is 3.70. The summed E-state index contributed by atoms with van der Waals surface area (Å²) >= 11 is 0. The third-order valence-corrected chi connectivity index (χ3v) is 6.48. The summed E-state index contributed by atoms with van der Waals surface area (Å²) < 4.78 is 19.5. The molecular formula is C24H25FN4O2. The van der Waals surface area contributed by atoms with Gasteiger partial charge in [0.25, 0.3) is 5.91 Å². The van der Waals surface area contributed by atoms with Crippen LogP contribution >= 0.6 is 0 Å². The number of nitrogens with one attached hydrogen (secondary N) is 1. The van der Waals surface area contributed by atoms with Crippen LogP contribution in [0.5, 0.6) is 5.75 Å². The van der Waals surface area contributed by atoms with E-state index in [1.54, 1.807) is 37.7 Å². The topological polar surface area (TPSA) is 61.5 Å². The monoisotopic (exact) mass is 420 g/mol. The van der Waals surface area contributed by atoms with Gasteiger partial charge in [-0.05, 0) is 35.7 Å². The summed E-state index contributed by atoms with van der Waals surface area (Å²) in [4.78, 5) is 25.2. The van der Waals surface area contributed by atoms with Crippen LogP contribution in [-0.2, 0) is 6.54 Å². The van der Waals surface area contributed by atoms with E-state index in [0.29, 0.717) is 23.8 Å². The number of amides is 1. The molecule has 0 radical (unpaired) electrons. The number of benzene rings is 2. The number of rotatable bonds is 5. The molecule has 2 aliphatic heterocycles. The van der Waals surface area contributed by atoms with E-state index < -0.39 is 0 Å². The highest BCUT2D eigenvalue weighted by molar-refractivity contribution is 5.97. The number of halogens is 1. The lowest BCUT2D eigenvalue weighted by molar-refractivity contribution is 0.0696. The Labute approximate surface area is 180 Å². The normalized spacial score (nSPS) is 23.2. The molecule has 0 aliphatic carbocycles. The number of hydrogen-bond acceptors (Lipinski definition) is 4. The zero-order chi connectivity index (χ0) is 21.4. The molecule has 2 aliphatic rings. The van der Waals surface area contributed by atoms with Gasteiger partial charge in [0, 0.05) is 44.0 Å². The average Bonchev–Trinajstić information content (AvgIpc) is 3.50. The lowest BCUT2D eigenvalue weighted by atomic mass is 9.89. The summed E-state index contributed by atoms with van der Waals surface area (Å²) in [5.41, 5.74) is 2.46. The van der Waals surface area contributed by atoms with Crippen LogP contribution in [0.4, 0.5) is 4.39 Å². The average molecular weight is 420 g/mol. The predicted molar refractivity (Wildman–Crippen MR) is 114 cm³/mol. The van der Waals surface area contributed by atoms with Crippen molar-refractivity contribution >= 4 is 5.91 Å². The van der Waals surface area contributed by atoms with Crippen molar-refractivity contribution in [1.82, 2.24) is 19.8 Å². The summed E-state index contributed by atoms with van der Waals surface area (Å²) in [6, 6.07) is 13.8. The molecule has 1 amide bonds. The lowest BCUT2D eigenvalue weighted by Crippen LogP contribution is -2.35. The summed E-state index contributed by atoms with van der Waals surface area (Å²) in [6.07, 6.45) is 3.53. The third-order valence-electron chi connectivity index (χ3n) is 6.48. The van der Waals surface area contributed by atoms with Crippen LogP contribution in [0.1, 0.15) is 27.7 Å². The van der Waals surface area contributed by atoms with E-state index >= 15 is 0 Å². The van der Waals surface area contributed by atoms with Crippen molar-refractivity contribution in [3.05, 3.63) is 83.7 Å². The Balaban J connectivity index is 1.46. The highest BCUT2D eigenvalue weighted by Gasteiger charge is 2.49. The number of aromatic nitrogens is 2. The van der Waals surface area contributed by atoms with Gasteiger partial charge in [-0.15, -0.1) is 0 Å². The number of carbonyl (C=O) groups excluding carboxylic acids is 1. The number of ether oxygens (including phenoxy) is 1. The van der Waals surface area contributed by atoms with Gasteiger partial charge in [0.15, 0.2) is 0 Å². The second-order valence-electron chi connectivity index (χ2n) is 8.35. The first-order chi connectivity index (χ1) is 15.1. The van der Waals surface area contributed by atoms with E-state index in [0.717, 1.165) is 30.9 Å². The molecule has 5 rings (SSSR count). The number of methoxy groups -OCH3 is 1. The summed E-state index contributed by atoms with van der Waals surface area (Å²) in [6.45, 7) is 3.18. The highest BCUT2D eigenvalue weighted by Crippen LogP contribution is 2.46. The van der Waals surface area contributed by atoms with Gasteiger partial charge in [0.05, 0.1) is 25.0 Å². The fraction of sp³-hybridized carbons (Fsp3) is 0.333.